The quantitative estimate of drug-likeness (QED) is 0.762. The normalized spacial score (nSPS) is 12.6. The fraction of sp³-hybridized carbons (Fsp3) is 0.545. The molecule has 0 aromatic carbocycles. The van der Waals surface area contributed by atoms with E-state index in [1.807, 2.05) is 12.1 Å². The SMILES string of the molecule is COCC(C)NCc1ccc(CC(=O)O)s1. The van der Waals surface area contributed by atoms with E-state index in [1.54, 1.807) is 7.11 Å². The van der Waals surface area contributed by atoms with Crippen LogP contribution in [0.3, 0.4) is 0 Å². The van der Waals surface area contributed by atoms with Gasteiger partial charge >= 0.3 is 5.97 Å². The molecule has 0 aliphatic heterocycles. The van der Waals surface area contributed by atoms with Crippen LogP contribution in [0.4, 0.5) is 0 Å². The molecule has 1 unspecified atom stereocenters. The van der Waals surface area contributed by atoms with E-state index in [9.17, 15) is 4.79 Å². The third-order valence-electron chi connectivity index (χ3n) is 2.08. The Hall–Kier alpha value is -0.910. The van der Waals surface area contributed by atoms with Crippen LogP contribution >= 0.6 is 11.3 Å². The number of carboxylic acids is 1. The number of hydrogen-bond acceptors (Lipinski definition) is 4. The van der Waals surface area contributed by atoms with Gasteiger partial charge in [0.1, 0.15) is 0 Å². The lowest BCUT2D eigenvalue weighted by Crippen LogP contribution is -2.29. The minimum absolute atomic E-state index is 0.109. The Labute approximate surface area is 99.2 Å². The van der Waals surface area contributed by atoms with Crippen molar-refractivity contribution in [2.75, 3.05) is 13.7 Å². The summed E-state index contributed by atoms with van der Waals surface area (Å²) < 4.78 is 5.01. The van der Waals surface area contributed by atoms with Gasteiger partial charge in [-0.2, -0.15) is 0 Å². The summed E-state index contributed by atoms with van der Waals surface area (Å²) in [5, 5.41) is 11.9. The van der Waals surface area contributed by atoms with Gasteiger partial charge in [-0.05, 0) is 19.1 Å². The minimum Gasteiger partial charge on any atom is -0.481 e. The molecule has 0 amide bonds. The van der Waals surface area contributed by atoms with Gasteiger partial charge in [-0.3, -0.25) is 4.79 Å². The molecule has 0 saturated carbocycles. The molecule has 0 fully saturated rings. The fourth-order valence-electron chi connectivity index (χ4n) is 1.35. The smallest absolute Gasteiger partial charge is 0.308 e. The Kier molecular flexibility index (Phi) is 5.45. The first-order valence-corrected chi connectivity index (χ1v) is 5.95. The van der Waals surface area contributed by atoms with Crippen molar-refractivity contribution in [1.29, 1.82) is 0 Å². The molecule has 0 radical (unpaired) electrons. The van der Waals surface area contributed by atoms with Gasteiger partial charge in [-0.1, -0.05) is 0 Å². The van der Waals surface area contributed by atoms with Gasteiger partial charge in [-0.25, -0.2) is 0 Å². The molecule has 0 aliphatic rings. The number of methoxy groups -OCH3 is 1. The number of ether oxygens (including phenoxy) is 1. The van der Waals surface area contributed by atoms with Crippen LogP contribution in [0.5, 0.6) is 0 Å². The van der Waals surface area contributed by atoms with E-state index >= 15 is 0 Å². The van der Waals surface area contributed by atoms with Crippen LogP contribution in [-0.2, 0) is 22.5 Å². The first-order chi connectivity index (χ1) is 7.61. The molecule has 0 spiro atoms. The van der Waals surface area contributed by atoms with E-state index in [0.717, 1.165) is 16.3 Å². The largest absolute Gasteiger partial charge is 0.481 e. The lowest BCUT2D eigenvalue weighted by molar-refractivity contribution is -0.136. The summed E-state index contributed by atoms with van der Waals surface area (Å²) in [5.41, 5.74) is 0. The van der Waals surface area contributed by atoms with Crippen LogP contribution < -0.4 is 5.32 Å². The van der Waals surface area contributed by atoms with Gasteiger partial charge in [-0.15, -0.1) is 11.3 Å². The van der Waals surface area contributed by atoms with Crippen molar-refractivity contribution in [1.82, 2.24) is 5.32 Å². The molecule has 0 aliphatic carbocycles. The van der Waals surface area contributed by atoms with Crippen LogP contribution in [0.25, 0.3) is 0 Å². The van der Waals surface area contributed by atoms with E-state index in [1.165, 1.54) is 11.3 Å². The second-order valence-electron chi connectivity index (χ2n) is 3.68. The highest BCUT2D eigenvalue weighted by molar-refractivity contribution is 7.12. The molecule has 1 aromatic heterocycles. The van der Waals surface area contributed by atoms with Crippen molar-refractivity contribution in [3.05, 3.63) is 21.9 Å². The number of nitrogens with one attached hydrogen (secondary N) is 1. The van der Waals surface area contributed by atoms with Crippen molar-refractivity contribution in [2.24, 2.45) is 0 Å². The van der Waals surface area contributed by atoms with Crippen molar-refractivity contribution in [3.63, 3.8) is 0 Å². The standard InChI is InChI=1S/C11H17NO3S/c1-8(7-15-2)12-6-10-4-3-9(16-10)5-11(13)14/h3-4,8,12H,5-7H2,1-2H3,(H,13,14). The van der Waals surface area contributed by atoms with Gasteiger partial charge < -0.3 is 15.2 Å². The van der Waals surface area contributed by atoms with Crippen LogP contribution in [0, 0.1) is 0 Å². The molecular weight excluding hydrogens is 226 g/mol. The second-order valence-corrected chi connectivity index (χ2v) is 4.93. The van der Waals surface area contributed by atoms with Gasteiger partial charge in [0.05, 0.1) is 13.0 Å². The van der Waals surface area contributed by atoms with Crippen LogP contribution in [-0.4, -0.2) is 30.8 Å². The molecule has 4 nitrogen and oxygen atoms in total. The van der Waals surface area contributed by atoms with Gasteiger partial charge in [0.2, 0.25) is 0 Å². The zero-order valence-electron chi connectivity index (χ0n) is 9.53. The summed E-state index contributed by atoms with van der Waals surface area (Å²) in [6, 6.07) is 4.14. The van der Waals surface area contributed by atoms with Crippen molar-refractivity contribution < 1.29 is 14.6 Å². The first-order valence-electron chi connectivity index (χ1n) is 5.13. The van der Waals surface area contributed by atoms with Crippen LogP contribution in [0.1, 0.15) is 16.7 Å². The third-order valence-corrected chi connectivity index (χ3v) is 3.17. The number of hydrogen-bond donors (Lipinski definition) is 2. The number of carboxylic acid groups (broad SMARTS) is 1. The van der Waals surface area contributed by atoms with E-state index in [0.29, 0.717) is 12.6 Å². The molecule has 90 valence electrons. The molecule has 1 aromatic rings. The predicted molar refractivity (Wildman–Crippen MR) is 63.8 cm³/mol. The monoisotopic (exact) mass is 243 g/mol. The topological polar surface area (TPSA) is 58.6 Å². The molecular formula is C11H17NO3S. The number of aliphatic carboxylic acids is 1. The molecule has 16 heavy (non-hydrogen) atoms. The fourth-order valence-corrected chi connectivity index (χ4v) is 2.31. The van der Waals surface area contributed by atoms with E-state index in [4.69, 9.17) is 9.84 Å². The molecule has 0 bridgehead atoms. The first kappa shape index (κ1) is 13.2. The molecule has 1 rings (SSSR count). The number of carbonyl (C=O) groups is 1. The molecule has 1 heterocycles. The van der Waals surface area contributed by atoms with Crippen LogP contribution in [0.15, 0.2) is 12.1 Å². The summed E-state index contributed by atoms with van der Waals surface area (Å²) in [5.74, 6) is -0.783. The summed E-state index contributed by atoms with van der Waals surface area (Å²) in [6.07, 6.45) is 0.109. The maximum absolute atomic E-state index is 10.5. The Morgan fingerprint density at radius 1 is 1.56 bits per heavy atom. The molecule has 2 N–H and O–H groups in total. The van der Waals surface area contributed by atoms with Gasteiger partial charge in [0.15, 0.2) is 0 Å². The highest BCUT2D eigenvalue weighted by atomic mass is 32.1. The van der Waals surface area contributed by atoms with E-state index < -0.39 is 5.97 Å². The second kappa shape index (κ2) is 6.62. The number of rotatable bonds is 7. The summed E-state index contributed by atoms with van der Waals surface area (Å²) in [4.78, 5) is 12.5. The Morgan fingerprint density at radius 3 is 2.88 bits per heavy atom. The lowest BCUT2D eigenvalue weighted by Gasteiger charge is -2.11. The zero-order chi connectivity index (χ0) is 12.0. The summed E-state index contributed by atoms with van der Waals surface area (Å²) >= 11 is 1.54. The minimum atomic E-state index is -0.783. The molecule has 5 heteroatoms. The molecule has 0 saturated heterocycles. The third kappa shape index (κ3) is 4.74. The number of thiophene rings is 1. The average Bonchev–Trinajstić information content (AvgIpc) is 2.62. The average molecular weight is 243 g/mol. The van der Waals surface area contributed by atoms with Crippen LogP contribution in [0.2, 0.25) is 0 Å². The highest BCUT2D eigenvalue weighted by Crippen LogP contribution is 2.16. The Morgan fingerprint density at radius 2 is 2.25 bits per heavy atom. The predicted octanol–water partition coefficient (Wildman–Crippen LogP) is 1.50. The highest BCUT2D eigenvalue weighted by Gasteiger charge is 2.05. The maximum atomic E-state index is 10.5. The van der Waals surface area contributed by atoms with E-state index in [-0.39, 0.29) is 6.42 Å². The molecule has 1 atom stereocenters. The Bertz CT molecular complexity index is 338. The van der Waals surface area contributed by atoms with Gasteiger partial charge in [0.25, 0.3) is 0 Å². The van der Waals surface area contributed by atoms with Crippen molar-refractivity contribution >= 4 is 17.3 Å². The summed E-state index contributed by atoms with van der Waals surface area (Å²) in [7, 11) is 1.67. The maximum Gasteiger partial charge on any atom is 0.308 e. The summed E-state index contributed by atoms with van der Waals surface area (Å²) in [6.45, 7) is 3.48. The van der Waals surface area contributed by atoms with E-state index in [2.05, 4.69) is 12.2 Å². The Balaban J connectivity index is 2.37. The van der Waals surface area contributed by atoms with Gasteiger partial charge in [0, 0.05) is 29.5 Å². The van der Waals surface area contributed by atoms with Crippen molar-refractivity contribution in [2.45, 2.75) is 25.9 Å². The van der Waals surface area contributed by atoms with Crippen molar-refractivity contribution in [3.8, 4) is 0 Å². The lowest BCUT2D eigenvalue weighted by atomic mass is 10.3. The zero-order valence-corrected chi connectivity index (χ0v) is 10.3.